The normalized spacial score (nSPS) is 16.5. The van der Waals surface area contributed by atoms with E-state index in [0.717, 1.165) is 30.0 Å². The number of carbonyl (C=O) groups excluding carboxylic acids is 2. The predicted octanol–water partition coefficient (Wildman–Crippen LogP) is 4.39. The van der Waals surface area contributed by atoms with Crippen molar-refractivity contribution in [2.45, 2.75) is 43.2 Å². The lowest BCUT2D eigenvalue weighted by Gasteiger charge is -2.28. The van der Waals surface area contributed by atoms with E-state index in [0.29, 0.717) is 16.8 Å². The number of hydrogen-bond donors (Lipinski definition) is 1. The Labute approximate surface area is 191 Å². The molecular weight excluding hydrogens is 422 g/mol. The highest BCUT2D eigenvalue weighted by atomic mass is 32.2. The number of carbonyl (C=O) groups is 2. The number of fused-ring (bicyclic) bond motifs is 1. The van der Waals surface area contributed by atoms with Crippen LogP contribution < -0.4 is 10.2 Å². The lowest BCUT2D eigenvalue weighted by Crippen LogP contribution is -2.43. The zero-order valence-corrected chi connectivity index (χ0v) is 18.6. The number of nitrogens with zero attached hydrogens (tertiary/aromatic N) is 4. The van der Waals surface area contributed by atoms with Crippen LogP contribution in [-0.4, -0.2) is 38.9 Å². The van der Waals surface area contributed by atoms with Crippen LogP contribution in [0.3, 0.4) is 0 Å². The highest BCUT2D eigenvalue weighted by molar-refractivity contribution is 7.99. The molecule has 0 atom stereocenters. The Hall–Kier alpha value is -3.13. The third-order valence-electron chi connectivity index (χ3n) is 5.98. The molecule has 1 aromatic heterocycles. The molecular formula is C24H25N5O2S. The molecule has 0 spiro atoms. The Morgan fingerprint density at radius 2 is 1.78 bits per heavy atom. The Bertz CT molecular complexity index is 1120. The van der Waals surface area contributed by atoms with Crippen LogP contribution >= 0.6 is 11.8 Å². The van der Waals surface area contributed by atoms with Crippen LogP contribution in [-0.2, 0) is 9.59 Å². The number of para-hydroxylation sites is 3. The minimum absolute atomic E-state index is 0.0234. The van der Waals surface area contributed by atoms with Gasteiger partial charge in [-0.15, -0.1) is 5.10 Å². The number of nitrogens with one attached hydrogen (secondary N) is 1. The molecule has 3 aromatic rings. The molecule has 1 aliphatic heterocycles. The molecule has 2 amide bonds. The van der Waals surface area contributed by atoms with Crippen LogP contribution in [0.1, 0.15) is 43.8 Å². The molecule has 0 radical (unpaired) electrons. The van der Waals surface area contributed by atoms with Crippen LogP contribution in [0.25, 0.3) is 5.69 Å². The summed E-state index contributed by atoms with van der Waals surface area (Å²) in [5.74, 6) is 1.22. The fraction of sp³-hybridized carbons (Fsp3) is 0.333. The van der Waals surface area contributed by atoms with Gasteiger partial charge in [0.2, 0.25) is 17.0 Å². The van der Waals surface area contributed by atoms with Crippen LogP contribution in [0.5, 0.6) is 0 Å². The predicted molar refractivity (Wildman–Crippen MR) is 125 cm³/mol. The summed E-state index contributed by atoms with van der Waals surface area (Å²) in [7, 11) is 0. The van der Waals surface area contributed by atoms with Gasteiger partial charge in [-0.25, -0.2) is 9.67 Å². The van der Waals surface area contributed by atoms with Gasteiger partial charge in [0.15, 0.2) is 0 Å². The first-order valence-corrected chi connectivity index (χ1v) is 12.0. The highest BCUT2D eigenvalue weighted by Crippen LogP contribution is 2.34. The number of thioether (sulfide) groups is 1. The summed E-state index contributed by atoms with van der Waals surface area (Å²) in [4.78, 5) is 31.5. The Morgan fingerprint density at radius 1 is 1.03 bits per heavy atom. The van der Waals surface area contributed by atoms with Gasteiger partial charge in [0.05, 0.1) is 22.8 Å². The van der Waals surface area contributed by atoms with Crippen molar-refractivity contribution in [2.75, 3.05) is 22.5 Å². The molecule has 1 aliphatic carbocycles. The third-order valence-corrected chi connectivity index (χ3v) is 6.80. The second-order valence-corrected chi connectivity index (χ2v) is 9.11. The molecule has 0 unspecified atom stereocenters. The fourth-order valence-electron chi connectivity index (χ4n) is 4.41. The molecule has 0 saturated heterocycles. The number of rotatable bonds is 5. The van der Waals surface area contributed by atoms with E-state index in [1.54, 1.807) is 6.07 Å². The van der Waals surface area contributed by atoms with Crippen LogP contribution in [0.15, 0.2) is 59.8 Å². The number of aromatic nitrogens is 3. The van der Waals surface area contributed by atoms with E-state index >= 15 is 0 Å². The average molecular weight is 448 g/mol. The molecule has 32 heavy (non-hydrogen) atoms. The maximum absolute atomic E-state index is 13.0. The number of anilines is 2. The van der Waals surface area contributed by atoms with Crippen LogP contribution in [0.4, 0.5) is 11.4 Å². The van der Waals surface area contributed by atoms with Crippen molar-refractivity contribution in [1.82, 2.24) is 14.8 Å². The fourth-order valence-corrected chi connectivity index (χ4v) is 5.12. The molecule has 2 aliphatic rings. The Morgan fingerprint density at radius 3 is 2.59 bits per heavy atom. The second kappa shape index (κ2) is 9.16. The average Bonchev–Trinajstić information content (AvgIpc) is 3.27. The van der Waals surface area contributed by atoms with E-state index in [1.807, 2.05) is 53.2 Å². The van der Waals surface area contributed by atoms with Crippen molar-refractivity contribution in [3.8, 4) is 5.69 Å². The summed E-state index contributed by atoms with van der Waals surface area (Å²) >= 11 is 1.33. The SMILES string of the molecule is O=C1CN(C(=O)CSc2nc(C3CCCCC3)n(-c3ccccc3)n2)c2ccccc2N1. The largest absolute Gasteiger partial charge is 0.323 e. The standard InChI is InChI=1S/C24H25N5O2S/c30-21-15-28(20-14-8-7-13-19(20)25-21)22(31)16-32-24-26-23(17-9-3-1-4-10-17)29(27-24)18-11-5-2-6-12-18/h2,5-8,11-14,17H,1,3-4,9-10,15-16H2,(H,25,30). The van der Waals surface area contributed by atoms with E-state index in [-0.39, 0.29) is 24.1 Å². The maximum atomic E-state index is 13.0. The van der Waals surface area contributed by atoms with Gasteiger partial charge in [-0.1, -0.05) is 61.4 Å². The summed E-state index contributed by atoms with van der Waals surface area (Å²) in [5, 5.41) is 8.16. The number of benzene rings is 2. The summed E-state index contributed by atoms with van der Waals surface area (Å²) < 4.78 is 1.94. The van der Waals surface area contributed by atoms with Gasteiger partial charge < -0.3 is 10.2 Å². The summed E-state index contributed by atoms with van der Waals surface area (Å²) in [6.07, 6.45) is 5.94. The molecule has 1 N–H and O–H groups in total. The first-order chi connectivity index (χ1) is 15.7. The first kappa shape index (κ1) is 20.8. The summed E-state index contributed by atoms with van der Waals surface area (Å²) in [5.41, 5.74) is 2.37. The quantitative estimate of drug-likeness (QED) is 0.587. The molecule has 164 valence electrons. The highest BCUT2D eigenvalue weighted by Gasteiger charge is 2.28. The van der Waals surface area contributed by atoms with Crippen molar-refractivity contribution in [3.63, 3.8) is 0 Å². The molecule has 0 bridgehead atoms. The first-order valence-electron chi connectivity index (χ1n) is 11.0. The van der Waals surface area contributed by atoms with Crippen LogP contribution in [0, 0.1) is 0 Å². The van der Waals surface area contributed by atoms with E-state index in [1.165, 1.54) is 35.9 Å². The molecule has 1 saturated carbocycles. The van der Waals surface area contributed by atoms with Gasteiger partial charge in [-0.3, -0.25) is 9.59 Å². The topological polar surface area (TPSA) is 80.1 Å². The van der Waals surface area contributed by atoms with Gasteiger partial charge in [-0.05, 0) is 37.1 Å². The van der Waals surface area contributed by atoms with E-state index in [2.05, 4.69) is 5.32 Å². The number of hydrogen-bond acceptors (Lipinski definition) is 5. The van der Waals surface area contributed by atoms with Gasteiger partial charge in [0.25, 0.3) is 0 Å². The second-order valence-electron chi connectivity index (χ2n) is 8.17. The van der Waals surface area contributed by atoms with E-state index in [9.17, 15) is 9.59 Å². The van der Waals surface area contributed by atoms with Crippen molar-refractivity contribution < 1.29 is 9.59 Å². The molecule has 2 heterocycles. The molecule has 8 heteroatoms. The monoisotopic (exact) mass is 447 g/mol. The zero-order valence-electron chi connectivity index (χ0n) is 17.7. The lowest BCUT2D eigenvalue weighted by molar-refractivity contribution is -0.120. The van der Waals surface area contributed by atoms with Gasteiger partial charge in [-0.2, -0.15) is 0 Å². The van der Waals surface area contributed by atoms with Gasteiger partial charge in [0.1, 0.15) is 12.4 Å². The third kappa shape index (κ3) is 4.27. The van der Waals surface area contributed by atoms with Crippen LogP contribution in [0.2, 0.25) is 0 Å². The summed E-state index contributed by atoms with van der Waals surface area (Å²) in [6.45, 7) is 0.0234. The van der Waals surface area contributed by atoms with Gasteiger partial charge in [0, 0.05) is 5.92 Å². The van der Waals surface area contributed by atoms with Crippen molar-refractivity contribution in [2.24, 2.45) is 0 Å². The molecule has 2 aromatic carbocycles. The lowest BCUT2D eigenvalue weighted by atomic mass is 9.88. The van der Waals surface area contributed by atoms with Crippen molar-refractivity contribution >= 4 is 35.0 Å². The van der Waals surface area contributed by atoms with E-state index in [4.69, 9.17) is 10.1 Å². The van der Waals surface area contributed by atoms with Crippen molar-refractivity contribution in [3.05, 3.63) is 60.4 Å². The Balaban J connectivity index is 1.36. The Kier molecular flexibility index (Phi) is 5.94. The maximum Gasteiger partial charge on any atom is 0.244 e. The smallest absolute Gasteiger partial charge is 0.244 e. The molecule has 7 nitrogen and oxygen atoms in total. The minimum atomic E-state index is -0.187. The minimum Gasteiger partial charge on any atom is -0.323 e. The summed E-state index contributed by atoms with van der Waals surface area (Å²) in [6, 6.07) is 17.4. The van der Waals surface area contributed by atoms with Crippen molar-refractivity contribution in [1.29, 1.82) is 0 Å². The molecule has 5 rings (SSSR count). The van der Waals surface area contributed by atoms with E-state index < -0.39 is 0 Å². The van der Waals surface area contributed by atoms with Gasteiger partial charge >= 0.3 is 0 Å². The zero-order chi connectivity index (χ0) is 21.9. The number of amides is 2. The molecule has 1 fully saturated rings.